The second-order valence-corrected chi connectivity index (χ2v) is 6.74. The van der Waals surface area contributed by atoms with Gasteiger partial charge in [-0.2, -0.15) is 0 Å². The number of fused-ring (bicyclic) bond motifs is 1. The Morgan fingerprint density at radius 3 is 3.11 bits per heavy atom. The maximum Gasteiger partial charge on any atom is 0.225 e. The van der Waals surface area contributed by atoms with Gasteiger partial charge in [0.1, 0.15) is 10.6 Å². The molecule has 1 fully saturated rings. The van der Waals surface area contributed by atoms with Gasteiger partial charge in [-0.3, -0.25) is 0 Å². The zero-order chi connectivity index (χ0) is 13.4. The highest BCUT2D eigenvalue weighted by atomic mass is 35.5. The number of likely N-dealkylation sites (N-methyl/N-ethyl adjacent to an activating group) is 1. The van der Waals surface area contributed by atoms with Gasteiger partial charge in [0.15, 0.2) is 0 Å². The highest BCUT2D eigenvalue weighted by molar-refractivity contribution is 7.18. The highest BCUT2D eigenvalue weighted by Gasteiger charge is 2.19. The van der Waals surface area contributed by atoms with Crippen LogP contribution in [0.1, 0.15) is 17.7 Å². The van der Waals surface area contributed by atoms with Gasteiger partial charge in [-0.15, -0.1) is 11.3 Å². The Bertz CT molecular complexity index is 598. The molecule has 0 spiro atoms. The van der Waals surface area contributed by atoms with Crippen molar-refractivity contribution in [2.45, 2.75) is 25.8 Å². The zero-order valence-corrected chi connectivity index (χ0v) is 12.7. The van der Waals surface area contributed by atoms with E-state index in [0.717, 1.165) is 22.6 Å². The lowest BCUT2D eigenvalue weighted by Gasteiger charge is -2.30. The Morgan fingerprint density at radius 2 is 2.32 bits per heavy atom. The van der Waals surface area contributed by atoms with Crippen molar-refractivity contribution >= 4 is 39.0 Å². The standard InChI is InChI=1S/C13H17ClN4S/c1-8-6-10-11(16-13(14)17-12(10)19-8)15-9-4-3-5-18(2)7-9/h6,9H,3-5,7H2,1-2H3,(H,15,16,17). The summed E-state index contributed by atoms with van der Waals surface area (Å²) < 4.78 is 0. The molecule has 2 aromatic heterocycles. The van der Waals surface area contributed by atoms with Gasteiger partial charge in [0.05, 0.1) is 5.39 Å². The van der Waals surface area contributed by atoms with Crippen molar-refractivity contribution in [3.8, 4) is 0 Å². The van der Waals surface area contributed by atoms with Crippen molar-refractivity contribution in [1.82, 2.24) is 14.9 Å². The van der Waals surface area contributed by atoms with Crippen LogP contribution in [0, 0.1) is 6.92 Å². The highest BCUT2D eigenvalue weighted by Crippen LogP contribution is 2.30. The maximum absolute atomic E-state index is 6.01. The van der Waals surface area contributed by atoms with E-state index in [4.69, 9.17) is 11.6 Å². The number of aryl methyl sites for hydroxylation is 1. The number of aromatic nitrogens is 2. The molecule has 1 atom stereocenters. The fourth-order valence-electron chi connectivity index (χ4n) is 2.60. The molecule has 0 saturated carbocycles. The molecule has 0 aromatic carbocycles. The Morgan fingerprint density at radius 1 is 1.47 bits per heavy atom. The number of hydrogen-bond donors (Lipinski definition) is 1. The molecular formula is C13H17ClN4S. The molecule has 0 radical (unpaired) electrons. The first-order valence-electron chi connectivity index (χ1n) is 6.50. The van der Waals surface area contributed by atoms with E-state index in [1.807, 2.05) is 0 Å². The summed E-state index contributed by atoms with van der Waals surface area (Å²) in [4.78, 5) is 13.2. The van der Waals surface area contributed by atoms with Crippen molar-refractivity contribution < 1.29 is 0 Å². The molecule has 1 unspecified atom stereocenters. The lowest BCUT2D eigenvalue weighted by Crippen LogP contribution is -2.39. The van der Waals surface area contributed by atoms with Gasteiger partial charge < -0.3 is 10.2 Å². The van der Waals surface area contributed by atoms with Crippen LogP contribution in [0.25, 0.3) is 10.2 Å². The van der Waals surface area contributed by atoms with Gasteiger partial charge >= 0.3 is 0 Å². The first-order chi connectivity index (χ1) is 9.11. The van der Waals surface area contributed by atoms with E-state index in [9.17, 15) is 0 Å². The van der Waals surface area contributed by atoms with Crippen LogP contribution in [0.5, 0.6) is 0 Å². The SMILES string of the molecule is Cc1cc2c(NC3CCCN(C)C3)nc(Cl)nc2s1. The van der Waals surface area contributed by atoms with Crippen LogP contribution in [0.15, 0.2) is 6.07 Å². The summed E-state index contributed by atoms with van der Waals surface area (Å²) in [7, 11) is 2.16. The molecule has 0 amide bonds. The number of piperidine rings is 1. The van der Waals surface area contributed by atoms with Gasteiger partial charge in [0.2, 0.25) is 5.28 Å². The van der Waals surface area contributed by atoms with E-state index in [-0.39, 0.29) is 0 Å². The third-order valence-corrected chi connectivity index (χ3v) is 4.57. The number of hydrogen-bond acceptors (Lipinski definition) is 5. The van der Waals surface area contributed by atoms with Gasteiger partial charge in [-0.1, -0.05) is 0 Å². The van der Waals surface area contributed by atoms with Crippen molar-refractivity contribution in [1.29, 1.82) is 0 Å². The van der Waals surface area contributed by atoms with Crippen LogP contribution in [-0.4, -0.2) is 41.0 Å². The summed E-state index contributed by atoms with van der Waals surface area (Å²) in [6.07, 6.45) is 2.40. The largest absolute Gasteiger partial charge is 0.365 e. The molecule has 0 bridgehead atoms. The summed E-state index contributed by atoms with van der Waals surface area (Å²) in [6.45, 7) is 4.31. The lowest BCUT2D eigenvalue weighted by molar-refractivity contribution is 0.261. The monoisotopic (exact) mass is 296 g/mol. The predicted octanol–water partition coefficient (Wildman–Crippen LogP) is 3.16. The lowest BCUT2D eigenvalue weighted by atomic mass is 10.1. The van der Waals surface area contributed by atoms with Crippen LogP contribution in [-0.2, 0) is 0 Å². The first-order valence-corrected chi connectivity index (χ1v) is 7.70. The number of halogens is 1. The van der Waals surface area contributed by atoms with Crippen LogP contribution < -0.4 is 5.32 Å². The van der Waals surface area contributed by atoms with E-state index >= 15 is 0 Å². The Balaban J connectivity index is 1.91. The average Bonchev–Trinajstić information content (AvgIpc) is 2.69. The van der Waals surface area contributed by atoms with E-state index in [0.29, 0.717) is 11.3 Å². The molecule has 1 saturated heterocycles. The normalized spacial score (nSPS) is 20.9. The Hall–Kier alpha value is -0.910. The number of anilines is 1. The molecule has 3 heterocycles. The summed E-state index contributed by atoms with van der Waals surface area (Å²) in [6, 6.07) is 2.57. The number of nitrogens with zero attached hydrogens (tertiary/aromatic N) is 3. The van der Waals surface area contributed by atoms with Crippen LogP contribution in [0.4, 0.5) is 5.82 Å². The fourth-order valence-corrected chi connectivity index (χ4v) is 3.70. The second kappa shape index (κ2) is 5.23. The van der Waals surface area contributed by atoms with Crippen molar-refractivity contribution in [3.05, 3.63) is 16.2 Å². The molecule has 2 aromatic rings. The van der Waals surface area contributed by atoms with E-state index in [1.54, 1.807) is 11.3 Å². The quantitative estimate of drug-likeness (QED) is 0.864. The van der Waals surface area contributed by atoms with E-state index < -0.39 is 0 Å². The number of rotatable bonds is 2. The average molecular weight is 297 g/mol. The summed E-state index contributed by atoms with van der Waals surface area (Å²) >= 11 is 7.67. The van der Waals surface area contributed by atoms with Gasteiger partial charge in [0.25, 0.3) is 0 Å². The topological polar surface area (TPSA) is 41.0 Å². The van der Waals surface area contributed by atoms with E-state index in [1.165, 1.54) is 24.3 Å². The maximum atomic E-state index is 6.01. The van der Waals surface area contributed by atoms with Crippen molar-refractivity contribution in [2.75, 3.05) is 25.5 Å². The molecule has 6 heteroatoms. The van der Waals surface area contributed by atoms with Gasteiger partial charge in [0, 0.05) is 17.5 Å². The molecule has 102 valence electrons. The molecule has 0 aliphatic carbocycles. The molecule has 3 rings (SSSR count). The molecule has 1 N–H and O–H groups in total. The smallest absolute Gasteiger partial charge is 0.225 e. The Kier molecular flexibility index (Phi) is 3.60. The van der Waals surface area contributed by atoms with Crippen LogP contribution in [0.2, 0.25) is 5.28 Å². The predicted molar refractivity (Wildman–Crippen MR) is 81.3 cm³/mol. The summed E-state index contributed by atoms with van der Waals surface area (Å²) in [5.41, 5.74) is 0. The van der Waals surface area contributed by atoms with Crippen molar-refractivity contribution in [3.63, 3.8) is 0 Å². The number of likely N-dealkylation sites (tertiary alicyclic amines) is 1. The number of thiophene rings is 1. The minimum absolute atomic E-state index is 0.320. The third-order valence-electron chi connectivity index (χ3n) is 3.45. The van der Waals surface area contributed by atoms with Crippen LogP contribution >= 0.6 is 22.9 Å². The fraction of sp³-hybridized carbons (Fsp3) is 0.538. The van der Waals surface area contributed by atoms with Gasteiger partial charge in [-0.25, -0.2) is 9.97 Å². The molecule has 4 nitrogen and oxygen atoms in total. The second-order valence-electron chi connectivity index (χ2n) is 5.16. The molecule has 1 aliphatic heterocycles. The third kappa shape index (κ3) is 2.83. The summed E-state index contributed by atoms with van der Waals surface area (Å²) in [5.74, 6) is 0.875. The van der Waals surface area contributed by atoms with Crippen LogP contribution in [0.3, 0.4) is 0 Å². The first kappa shape index (κ1) is 13.1. The van der Waals surface area contributed by atoms with Crippen molar-refractivity contribution in [2.24, 2.45) is 0 Å². The summed E-state index contributed by atoms with van der Waals surface area (Å²) in [5, 5.41) is 4.94. The molecular weight excluding hydrogens is 280 g/mol. The molecule has 1 aliphatic rings. The van der Waals surface area contributed by atoms with Gasteiger partial charge in [-0.05, 0) is 51.0 Å². The minimum atomic E-state index is 0.320. The Labute approximate surface area is 121 Å². The zero-order valence-electron chi connectivity index (χ0n) is 11.1. The molecule has 19 heavy (non-hydrogen) atoms. The van der Waals surface area contributed by atoms with E-state index in [2.05, 4.69) is 40.2 Å². The number of nitrogens with one attached hydrogen (secondary N) is 1. The minimum Gasteiger partial charge on any atom is -0.365 e.